The molecule has 2 aromatic carbocycles. The van der Waals surface area contributed by atoms with Crippen LogP contribution in [0.1, 0.15) is 5.56 Å². The smallest absolute Gasteiger partial charge is 0.131 e. The molecule has 2 nitrogen and oxygen atoms in total. The quantitative estimate of drug-likeness (QED) is 0.832. The third kappa shape index (κ3) is 4.12. The zero-order chi connectivity index (χ0) is 13.5. The van der Waals surface area contributed by atoms with Gasteiger partial charge >= 0.3 is 0 Å². The van der Waals surface area contributed by atoms with Crippen molar-refractivity contribution in [3.8, 4) is 5.75 Å². The first-order valence-corrected chi connectivity index (χ1v) is 6.51. The molecule has 0 spiro atoms. The number of rotatable bonds is 5. The van der Waals surface area contributed by atoms with E-state index in [0.717, 1.165) is 23.6 Å². The molecule has 0 unspecified atom stereocenters. The lowest BCUT2D eigenvalue weighted by Gasteiger charge is -2.11. The zero-order valence-electron chi connectivity index (χ0n) is 10.8. The maximum atomic E-state index is 5.97. The van der Waals surface area contributed by atoms with Crippen LogP contribution in [-0.2, 0) is 0 Å². The topological polar surface area (TPSA) is 21.3 Å². The van der Waals surface area contributed by atoms with Gasteiger partial charge in [0.15, 0.2) is 0 Å². The number of nitrogens with one attached hydrogen (secondary N) is 1. The number of halogens is 1. The molecule has 0 saturated heterocycles. The summed E-state index contributed by atoms with van der Waals surface area (Å²) in [5.41, 5.74) is 1.04. The van der Waals surface area contributed by atoms with E-state index < -0.39 is 0 Å². The first kappa shape index (κ1) is 13.7. The molecule has 3 heteroatoms. The normalized spacial score (nSPS) is 11.4. The van der Waals surface area contributed by atoms with Crippen LogP contribution in [0.4, 0.5) is 0 Å². The van der Waals surface area contributed by atoms with Gasteiger partial charge in [0, 0.05) is 17.1 Å². The fourth-order valence-electron chi connectivity index (χ4n) is 1.67. The molecule has 0 saturated carbocycles. The van der Waals surface area contributed by atoms with E-state index in [9.17, 15) is 0 Å². The Morgan fingerprint density at radius 1 is 1.16 bits per heavy atom. The van der Waals surface area contributed by atoms with Crippen molar-refractivity contribution in [2.45, 2.75) is 0 Å². The van der Waals surface area contributed by atoms with E-state index in [4.69, 9.17) is 16.3 Å². The maximum absolute atomic E-state index is 5.97. The third-order valence-corrected chi connectivity index (χ3v) is 2.81. The highest BCUT2D eigenvalue weighted by Crippen LogP contribution is 2.23. The number of benzene rings is 2. The molecule has 19 heavy (non-hydrogen) atoms. The Labute approximate surface area is 118 Å². The number of likely N-dealkylation sites (N-methyl/N-ethyl adjacent to an activating group) is 1. The minimum atomic E-state index is 0.665. The molecule has 0 amide bonds. The highest BCUT2D eigenvalue weighted by atomic mass is 35.5. The largest absolute Gasteiger partial charge is 0.457 e. The van der Waals surface area contributed by atoms with E-state index in [2.05, 4.69) is 5.32 Å². The predicted molar refractivity (Wildman–Crippen MR) is 80.4 cm³/mol. The standard InChI is InChI=1S/C16H16ClNO/c1-18-11-10-16(13-6-3-2-4-7-13)19-15-9-5-8-14(17)12-15/h2-10,12,18H,11H2,1H3/b16-10+. The summed E-state index contributed by atoms with van der Waals surface area (Å²) in [5, 5.41) is 3.75. The molecule has 0 aromatic heterocycles. The molecule has 0 bridgehead atoms. The molecule has 0 aliphatic heterocycles. The molecule has 0 heterocycles. The molecule has 0 aliphatic rings. The second-order valence-electron chi connectivity index (χ2n) is 4.05. The summed E-state index contributed by atoms with van der Waals surface area (Å²) in [4.78, 5) is 0. The van der Waals surface area contributed by atoms with Crippen molar-refractivity contribution in [3.63, 3.8) is 0 Å². The van der Waals surface area contributed by atoms with E-state index in [1.165, 1.54) is 0 Å². The minimum Gasteiger partial charge on any atom is -0.457 e. The van der Waals surface area contributed by atoms with Crippen molar-refractivity contribution in [2.75, 3.05) is 13.6 Å². The van der Waals surface area contributed by atoms with Gasteiger partial charge < -0.3 is 10.1 Å². The minimum absolute atomic E-state index is 0.665. The van der Waals surface area contributed by atoms with Crippen molar-refractivity contribution in [1.29, 1.82) is 0 Å². The highest BCUT2D eigenvalue weighted by molar-refractivity contribution is 6.30. The third-order valence-electron chi connectivity index (χ3n) is 2.57. The van der Waals surface area contributed by atoms with Crippen LogP contribution < -0.4 is 10.1 Å². The SMILES string of the molecule is CNC/C=C(/Oc1cccc(Cl)c1)c1ccccc1. The number of ether oxygens (including phenoxy) is 1. The van der Waals surface area contributed by atoms with Crippen LogP contribution >= 0.6 is 11.6 Å². The number of hydrogen-bond donors (Lipinski definition) is 1. The lowest BCUT2D eigenvalue weighted by atomic mass is 10.2. The van der Waals surface area contributed by atoms with Crippen molar-refractivity contribution in [1.82, 2.24) is 5.32 Å². The Kier molecular flexibility index (Phi) is 5.01. The summed E-state index contributed by atoms with van der Waals surface area (Å²) in [5.74, 6) is 1.55. The van der Waals surface area contributed by atoms with Crippen molar-refractivity contribution in [3.05, 3.63) is 71.3 Å². The molecule has 98 valence electrons. The summed E-state index contributed by atoms with van der Waals surface area (Å²) in [6.45, 7) is 0.741. The Bertz CT molecular complexity index is 552. The van der Waals surface area contributed by atoms with E-state index in [0.29, 0.717) is 5.02 Å². The van der Waals surface area contributed by atoms with Gasteiger partial charge in [0.1, 0.15) is 11.5 Å². The van der Waals surface area contributed by atoms with Crippen molar-refractivity contribution in [2.24, 2.45) is 0 Å². The molecule has 0 fully saturated rings. The lowest BCUT2D eigenvalue weighted by Crippen LogP contribution is -2.07. The van der Waals surface area contributed by atoms with Gasteiger partial charge in [0.25, 0.3) is 0 Å². The molecular formula is C16H16ClNO. The zero-order valence-corrected chi connectivity index (χ0v) is 11.5. The molecule has 0 aliphatic carbocycles. The summed E-state index contributed by atoms with van der Waals surface area (Å²) in [6, 6.07) is 17.4. The van der Waals surface area contributed by atoms with Crippen molar-refractivity contribution >= 4 is 17.4 Å². The average molecular weight is 274 g/mol. The predicted octanol–water partition coefficient (Wildman–Crippen LogP) is 3.98. The average Bonchev–Trinajstić information content (AvgIpc) is 2.44. The first-order valence-electron chi connectivity index (χ1n) is 6.13. The Balaban J connectivity index is 2.24. The van der Waals surface area contributed by atoms with E-state index >= 15 is 0 Å². The summed E-state index contributed by atoms with van der Waals surface area (Å²) in [6.07, 6.45) is 2.01. The van der Waals surface area contributed by atoms with Gasteiger partial charge in [-0.15, -0.1) is 0 Å². The Morgan fingerprint density at radius 3 is 2.63 bits per heavy atom. The summed E-state index contributed by atoms with van der Waals surface area (Å²) >= 11 is 5.97. The fraction of sp³-hybridized carbons (Fsp3) is 0.125. The van der Waals surface area contributed by atoms with Crippen LogP contribution in [0.15, 0.2) is 60.7 Å². The van der Waals surface area contributed by atoms with Crippen LogP contribution in [0.5, 0.6) is 5.75 Å². The first-order chi connectivity index (χ1) is 9.29. The Morgan fingerprint density at radius 2 is 1.95 bits per heavy atom. The summed E-state index contributed by atoms with van der Waals surface area (Å²) < 4.78 is 5.92. The molecule has 0 atom stereocenters. The maximum Gasteiger partial charge on any atom is 0.131 e. The van der Waals surface area contributed by atoms with Gasteiger partial charge in [-0.1, -0.05) is 48.0 Å². The van der Waals surface area contributed by atoms with Gasteiger partial charge in [-0.2, -0.15) is 0 Å². The van der Waals surface area contributed by atoms with E-state index in [-0.39, 0.29) is 0 Å². The van der Waals surface area contributed by atoms with E-state index in [1.807, 2.05) is 61.7 Å². The van der Waals surface area contributed by atoms with Crippen LogP contribution in [0.3, 0.4) is 0 Å². The van der Waals surface area contributed by atoms with Gasteiger partial charge in [0.05, 0.1) is 0 Å². The van der Waals surface area contributed by atoms with Crippen LogP contribution in [-0.4, -0.2) is 13.6 Å². The van der Waals surface area contributed by atoms with Gasteiger partial charge in [-0.05, 0) is 31.3 Å². The fourth-order valence-corrected chi connectivity index (χ4v) is 1.85. The second-order valence-corrected chi connectivity index (χ2v) is 4.49. The summed E-state index contributed by atoms with van der Waals surface area (Å²) in [7, 11) is 1.90. The van der Waals surface area contributed by atoms with Crippen molar-refractivity contribution < 1.29 is 4.74 Å². The van der Waals surface area contributed by atoms with Gasteiger partial charge in [-0.3, -0.25) is 0 Å². The number of hydrogen-bond acceptors (Lipinski definition) is 2. The van der Waals surface area contributed by atoms with E-state index in [1.54, 1.807) is 6.07 Å². The van der Waals surface area contributed by atoms with Crippen LogP contribution in [0.25, 0.3) is 5.76 Å². The highest BCUT2D eigenvalue weighted by Gasteiger charge is 2.04. The van der Waals surface area contributed by atoms with Crippen LogP contribution in [0, 0.1) is 0 Å². The van der Waals surface area contributed by atoms with Gasteiger partial charge in [-0.25, -0.2) is 0 Å². The molecule has 1 N–H and O–H groups in total. The molecular weight excluding hydrogens is 258 g/mol. The lowest BCUT2D eigenvalue weighted by molar-refractivity contribution is 0.513. The van der Waals surface area contributed by atoms with Gasteiger partial charge in [0.2, 0.25) is 0 Å². The molecule has 2 aromatic rings. The Hall–Kier alpha value is -1.77. The second kappa shape index (κ2) is 6.98. The molecule has 0 radical (unpaired) electrons. The molecule has 2 rings (SSSR count). The monoisotopic (exact) mass is 273 g/mol. The van der Waals surface area contributed by atoms with Crippen LogP contribution in [0.2, 0.25) is 5.02 Å².